The van der Waals surface area contributed by atoms with Gasteiger partial charge in [-0.25, -0.2) is 4.79 Å². The number of ether oxygens (including phenoxy) is 2. The summed E-state index contributed by atoms with van der Waals surface area (Å²) in [5, 5.41) is 9.49. The summed E-state index contributed by atoms with van der Waals surface area (Å²) in [6.07, 6.45) is 9.85. The van der Waals surface area contributed by atoms with E-state index in [9.17, 15) is 14.7 Å². The van der Waals surface area contributed by atoms with Gasteiger partial charge in [0.2, 0.25) is 0 Å². The molecule has 164 valence electrons. The molecule has 1 unspecified atom stereocenters. The molecule has 3 fully saturated rings. The number of hydrogen-bond acceptors (Lipinski definition) is 5. The summed E-state index contributed by atoms with van der Waals surface area (Å²) in [7, 11) is 0. The monoisotopic (exact) mass is 414 g/mol. The van der Waals surface area contributed by atoms with Crippen LogP contribution >= 0.6 is 0 Å². The molecular formula is C25H34O5. The van der Waals surface area contributed by atoms with Gasteiger partial charge in [-0.1, -0.05) is 25.5 Å². The first-order valence-electron chi connectivity index (χ1n) is 11.7. The van der Waals surface area contributed by atoms with Crippen LogP contribution in [0, 0.1) is 28.6 Å². The summed E-state index contributed by atoms with van der Waals surface area (Å²) in [6, 6.07) is 0. The molecule has 4 aliphatic carbocycles. The standard InChI is InChI=1S/C25H34O5/c1-14(27)29-16-6-9-24(2)15(12-16)4-5-17-19(24)7-10-25(3)20-13-21(22(17)25)30-23(28)18(20)8-11-26/h4,16-17,19,21-22,26H,5-13H2,1-3H3/t16-,17+,19-,21?,22+,24-,25+/m0/s1. The van der Waals surface area contributed by atoms with E-state index in [4.69, 9.17) is 9.47 Å². The molecule has 1 heterocycles. The highest BCUT2D eigenvalue weighted by molar-refractivity contribution is 5.91. The van der Waals surface area contributed by atoms with Crippen LogP contribution in [0.4, 0.5) is 0 Å². The van der Waals surface area contributed by atoms with Gasteiger partial charge in [0, 0.05) is 44.3 Å². The molecule has 2 bridgehead atoms. The van der Waals surface area contributed by atoms with Crippen molar-refractivity contribution in [2.75, 3.05) is 6.61 Å². The number of fused-ring (bicyclic) bond motifs is 9. The average molecular weight is 415 g/mol. The zero-order chi connectivity index (χ0) is 21.3. The Morgan fingerprint density at radius 3 is 2.73 bits per heavy atom. The minimum absolute atomic E-state index is 0.000923. The maximum atomic E-state index is 12.7. The highest BCUT2D eigenvalue weighted by atomic mass is 16.5. The van der Waals surface area contributed by atoms with Gasteiger partial charge in [-0.05, 0) is 60.3 Å². The molecule has 7 atom stereocenters. The van der Waals surface area contributed by atoms with Crippen molar-refractivity contribution < 1.29 is 24.2 Å². The van der Waals surface area contributed by atoms with Crippen LogP contribution in [0.5, 0.6) is 0 Å². The van der Waals surface area contributed by atoms with E-state index in [1.54, 1.807) is 0 Å². The molecule has 0 aromatic heterocycles. The first kappa shape index (κ1) is 20.3. The normalized spacial score (nSPS) is 44.5. The Labute approximate surface area is 178 Å². The molecule has 5 nitrogen and oxygen atoms in total. The van der Waals surface area contributed by atoms with Crippen molar-refractivity contribution in [1.29, 1.82) is 0 Å². The van der Waals surface area contributed by atoms with Crippen molar-refractivity contribution >= 4 is 11.9 Å². The van der Waals surface area contributed by atoms with Crippen LogP contribution in [0.3, 0.4) is 0 Å². The molecule has 5 rings (SSSR count). The van der Waals surface area contributed by atoms with E-state index in [2.05, 4.69) is 19.9 Å². The summed E-state index contributed by atoms with van der Waals surface area (Å²) in [5.41, 5.74) is 3.67. The predicted octanol–water partition coefficient (Wildman–Crippen LogP) is 4.10. The van der Waals surface area contributed by atoms with Crippen LogP contribution in [0.15, 0.2) is 22.8 Å². The molecule has 0 aromatic rings. The van der Waals surface area contributed by atoms with Gasteiger partial charge in [-0.3, -0.25) is 4.79 Å². The molecule has 30 heavy (non-hydrogen) atoms. The molecule has 0 spiro atoms. The van der Waals surface area contributed by atoms with Gasteiger partial charge in [0.15, 0.2) is 0 Å². The van der Waals surface area contributed by atoms with Gasteiger partial charge < -0.3 is 14.6 Å². The van der Waals surface area contributed by atoms with E-state index >= 15 is 0 Å². The first-order valence-corrected chi connectivity index (χ1v) is 11.7. The van der Waals surface area contributed by atoms with Gasteiger partial charge in [-0.2, -0.15) is 0 Å². The molecule has 1 aliphatic heterocycles. The lowest BCUT2D eigenvalue weighted by atomic mass is 9.47. The highest BCUT2D eigenvalue weighted by Gasteiger charge is 2.63. The number of allylic oxidation sites excluding steroid dienone is 1. The summed E-state index contributed by atoms with van der Waals surface area (Å²) < 4.78 is 11.5. The first-order chi connectivity index (χ1) is 14.3. The van der Waals surface area contributed by atoms with Crippen molar-refractivity contribution in [3.05, 3.63) is 22.8 Å². The number of carbonyl (C=O) groups is 2. The molecule has 0 radical (unpaired) electrons. The molecule has 0 amide bonds. The fourth-order valence-electron chi connectivity index (χ4n) is 8.10. The van der Waals surface area contributed by atoms with Gasteiger partial charge in [-0.15, -0.1) is 0 Å². The van der Waals surface area contributed by atoms with E-state index < -0.39 is 0 Å². The average Bonchev–Trinajstić information content (AvgIpc) is 2.93. The van der Waals surface area contributed by atoms with Crippen molar-refractivity contribution in [1.82, 2.24) is 0 Å². The number of esters is 2. The van der Waals surface area contributed by atoms with E-state index in [0.717, 1.165) is 44.1 Å². The Hall–Kier alpha value is -1.62. The molecule has 5 heteroatoms. The molecule has 1 N–H and O–H groups in total. The Balaban J connectivity index is 1.47. The Morgan fingerprint density at radius 1 is 1.23 bits per heavy atom. The fraction of sp³-hybridized carbons (Fsp3) is 0.760. The number of aliphatic hydroxyl groups excluding tert-OH is 1. The summed E-state index contributed by atoms with van der Waals surface area (Å²) in [4.78, 5) is 24.1. The third-order valence-corrected chi connectivity index (χ3v) is 9.37. The lowest BCUT2D eigenvalue weighted by molar-refractivity contribution is -0.154. The predicted molar refractivity (Wildman–Crippen MR) is 111 cm³/mol. The van der Waals surface area contributed by atoms with Crippen molar-refractivity contribution in [2.45, 2.75) is 84.3 Å². The Bertz CT molecular complexity index is 840. The molecule has 0 aromatic carbocycles. The number of carbonyl (C=O) groups excluding carboxylic acids is 2. The van der Waals surface area contributed by atoms with Gasteiger partial charge >= 0.3 is 11.9 Å². The second-order valence-corrected chi connectivity index (χ2v) is 10.7. The second-order valence-electron chi connectivity index (χ2n) is 10.7. The van der Waals surface area contributed by atoms with Crippen molar-refractivity contribution in [3.63, 3.8) is 0 Å². The Kier molecular flexibility index (Phi) is 4.70. The van der Waals surface area contributed by atoms with Crippen LogP contribution in [0.1, 0.15) is 72.1 Å². The molecular weight excluding hydrogens is 380 g/mol. The smallest absolute Gasteiger partial charge is 0.334 e. The van der Waals surface area contributed by atoms with Crippen LogP contribution in [-0.4, -0.2) is 35.9 Å². The third-order valence-electron chi connectivity index (χ3n) is 9.37. The van der Waals surface area contributed by atoms with E-state index in [1.165, 1.54) is 24.5 Å². The fourth-order valence-corrected chi connectivity index (χ4v) is 8.10. The van der Waals surface area contributed by atoms with Gasteiger partial charge in [0.05, 0.1) is 0 Å². The number of rotatable bonds is 3. The molecule has 3 saturated carbocycles. The van der Waals surface area contributed by atoms with E-state index in [-0.39, 0.29) is 41.6 Å². The number of aliphatic hydroxyl groups is 1. The van der Waals surface area contributed by atoms with Crippen LogP contribution in [0.25, 0.3) is 0 Å². The van der Waals surface area contributed by atoms with Crippen molar-refractivity contribution in [3.8, 4) is 0 Å². The second kappa shape index (κ2) is 6.94. The lowest BCUT2D eigenvalue weighted by Gasteiger charge is -2.57. The highest BCUT2D eigenvalue weighted by Crippen LogP contribution is 2.68. The molecule has 5 aliphatic rings. The zero-order valence-corrected chi connectivity index (χ0v) is 18.4. The topological polar surface area (TPSA) is 72.8 Å². The van der Waals surface area contributed by atoms with Crippen LogP contribution < -0.4 is 0 Å². The zero-order valence-electron chi connectivity index (χ0n) is 18.4. The number of hydrogen-bond donors (Lipinski definition) is 1. The SMILES string of the molecule is CC(=O)O[C@H]1CC[C@@]2(C)C(=CC[C@@H]3[C@@H]2CC[C@]2(C)C4=C(CCO)C(=O)OC(C4)[C@@H]32)C1. The summed E-state index contributed by atoms with van der Waals surface area (Å²) >= 11 is 0. The Morgan fingerprint density at radius 2 is 2.00 bits per heavy atom. The maximum Gasteiger partial charge on any atom is 0.334 e. The maximum absolute atomic E-state index is 12.7. The minimum Gasteiger partial charge on any atom is -0.462 e. The van der Waals surface area contributed by atoms with Gasteiger partial charge in [0.1, 0.15) is 12.2 Å². The van der Waals surface area contributed by atoms with Crippen LogP contribution in [0.2, 0.25) is 0 Å². The van der Waals surface area contributed by atoms with E-state index in [1.807, 2.05) is 0 Å². The quantitative estimate of drug-likeness (QED) is 0.556. The largest absolute Gasteiger partial charge is 0.462 e. The summed E-state index contributed by atoms with van der Waals surface area (Å²) in [6.45, 7) is 6.27. The third kappa shape index (κ3) is 2.77. The lowest BCUT2D eigenvalue weighted by Crippen LogP contribution is -2.51. The minimum atomic E-state index is -0.192. The van der Waals surface area contributed by atoms with E-state index in [0.29, 0.717) is 24.2 Å². The molecule has 0 saturated heterocycles. The van der Waals surface area contributed by atoms with Crippen LogP contribution in [-0.2, 0) is 19.1 Å². The van der Waals surface area contributed by atoms with Gasteiger partial charge in [0.25, 0.3) is 0 Å². The summed E-state index contributed by atoms with van der Waals surface area (Å²) in [5.74, 6) is 1.11. The van der Waals surface area contributed by atoms with Crippen molar-refractivity contribution in [2.24, 2.45) is 28.6 Å².